The zero-order valence-electron chi connectivity index (χ0n) is 13.2. The van der Waals surface area contributed by atoms with E-state index < -0.39 is 0 Å². The van der Waals surface area contributed by atoms with Gasteiger partial charge in [0.2, 0.25) is 5.91 Å². The zero-order valence-corrected chi connectivity index (χ0v) is 14.0. The summed E-state index contributed by atoms with van der Waals surface area (Å²) in [6, 6.07) is 10.4. The van der Waals surface area contributed by atoms with Crippen LogP contribution in [0.2, 0.25) is 0 Å². The Morgan fingerprint density at radius 2 is 1.86 bits per heavy atom. The molecule has 0 radical (unpaired) electrons. The molecule has 1 amide bonds. The Kier molecular flexibility index (Phi) is 5.71. The number of carbonyl (C=O) groups is 1. The minimum Gasteiger partial charge on any atom is -0.352 e. The monoisotopic (exact) mass is 306 g/mol. The molecule has 2 rings (SSSR count). The fourth-order valence-electron chi connectivity index (χ4n) is 3.00. The highest BCUT2D eigenvalue weighted by Gasteiger charge is 2.36. The lowest BCUT2D eigenvalue weighted by atomic mass is 10.0. The van der Waals surface area contributed by atoms with E-state index in [0.717, 1.165) is 12.8 Å². The van der Waals surface area contributed by atoms with Crippen LogP contribution in [0.1, 0.15) is 39.5 Å². The van der Waals surface area contributed by atoms with E-state index >= 15 is 0 Å². The molecule has 116 valence electrons. The molecule has 1 aliphatic carbocycles. The number of benzene rings is 1. The molecule has 1 aromatic rings. The number of amides is 1. The van der Waals surface area contributed by atoms with E-state index in [9.17, 15) is 4.79 Å². The quantitative estimate of drug-likeness (QED) is 0.793. The number of carbonyl (C=O) groups excluding carboxylic acids is 1. The van der Waals surface area contributed by atoms with E-state index in [1.54, 1.807) is 11.8 Å². The molecule has 3 nitrogen and oxygen atoms in total. The Morgan fingerprint density at radius 3 is 2.43 bits per heavy atom. The van der Waals surface area contributed by atoms with Crippen molar-refractivity contribution in [3.8, 4) is 0 Å². The first-order valence-corrected chi connectivity index (χ1v) is 8.56. The third kappa shape index (κ3) is 4.48. The largest absolute Gasteiger partial charge is 0.352 e. The van der Waals surface area contributed by atoms with Crippen molar-refractivity contribution in [2.24, 2.45) is 0 Å². The van der Waals surface area contributed by atoms with Crippen LogP contribution in [0.4, 0.5) is 0 Å². The highest BCUT2D eigenvalue weighted by Crippen LogP contribution is 2.35. The summed E-state index contributed by atoms with van der Waals surface area (Å²) < 4.78 is -0.210. The summed E-state index contributed by atoms with van der Waals surface area (Å²) in [7, 11) is 1.87. The van der Waals surface area contributed by atoms with Crippen LogP contribution in [0.5, 0.6) is 0 Å². The molecule has 0 spiro atoms. The molecule has 1 atom stereocenters. The van der Waals surface area contributed by atoms with E-state index in [0.29, 0.717) is 6.04 Å². The number of nitrogens with one attached hydrogen (secondary N) is 2. The molecule has 0 saturated heterocycles. The van der Waals surface area contributed by atoms with Crippen LogP contribution >= 0.6 is 11.8 Å². The second-order valence-corrected chi connectivity index (χ2v) is 7.96. The van der Waals surface area contributed by atoms with Crippen molar-refractivity contribution in [1.29, 1.82) is 0 Å². The summed E-state index contributed by atoms with van der Waals surface area (Å²) in [6.45, 7) is 4.25. The van der Waals surface area contributed by atoms with Gasteiger partial charge in [-0.25, -0.2) is 0 Å². The van der Waals surface area contributed by atoms with Gasteiger partial charge in [0.1, 0.15) is 6.04 Å². The lowest BCUT2D eigenvalue weighted by Gasteiger charge is -2.33. The SMILES string of the molecule is CNC(C(=O)NC1CCCC1)C(C)(C)Sc1ccccc1. The summed E-state index contributed by atoms with van der Waals surface area (Å²) in [4.78, 5) is 13.8. The van der Waals surface area contributed by atoms with Gasteiger partial charge in [0.15, 0.2) is 0 Å². The van der Waals surface area contributed by atoms with Crippen LogP contribution in [-0.2, 0) is 4.79 Å². The van der Waals surface area contributed by atoms with Crippen LogP contribution in [0, 0.1) is 0 Å². The van der Waals surface area contributed by atoms with Gasteiger partial charge in [0.25, 0.3) is 0 Å². The molecule has 1 unspecified atom stereocenters. The lowest BCUT2D eigenvalue weighted by molar-refractivity contribution is -0.124. The first-order valence-electron chi connectivity index (χ1n) is 7.74. The Bertz CT molecular complexity index is 455. The Hall–Kier alpha value is -1.00. The molecular weight excluding hydrogens is 280 g/mol. The van der Waals surface area contributed by atoms with Gasteiger partial charge < -0.3 is 10.6 Å². The van der Waals surface area contributed by atoms with Crippen molar-refractivity contribution in [2.75, 3.05) is 7.05 Å². The maximum absolute atomic E-state index is 12.6. The predicted molar refractivity (Wildman–Crippen MR) is 89.6 cm³/mol. The van der Waals surface area contributed by atoms with Gasteiger partial charge in [-0.2, -0.15) is 0 Å². The van der Waals surface area contributed by atoms with Crippen LogP contribution in [0.15, 0.2) is 35.2 Å². The van der Waals surface area contributed by atoms with E-state index in [-0.39, 0.29) is 16.7 Å². The first-order chi connectivity index (χ1) is 10.0. The average molecular weight is 306 g/mol. The van der Waals surface area contributed by atoms with Gasteiger partial charge in [0, 0.05) is 15.7 Å². The molecule has 4 heteroatoms. The van der Waals surface area contributed by atoms with Gasteiger partial charge in [-0.3, -0.25) is 4.79 Å². The third-order valence-electron chi connectivity index (χ3n) is 4.07. The average Bonchev–Trinajstić information content (AvgIpc) is 2.92. The Balaban J connectivity index is 2.01. The summed E-state index contributed by atoms with van der Waals surface area (Å²) in [5.41, 5.74) is 0. The molecule has 1 aromatic carbocycles. The standard InChI is InChI=1S/C17H26N2OS/c1-17(2,21-14-11-5-4-6-12-14)15(18-3)16(20)19-13-9-7-8-10-13/h4-6,11-13,15,18H,7-10H2,1-3H3,(H,19,20). The summed E-state index contributed by atoms with van der Waals surface area (Å²) in [5, 5.41) is 6.41. The van der Waals surface area contributed by atoms with E-state index in [1.165, 1.54) is 17.7 Å². The second-order valence-electron chi connectivity index (χ2n) is 6.23. The lowest BCUT2D eigenvalue weighted by Crippen LogP contribution is -2.55. The van der Waals surface area contributed by atoms with Crippen molar-refractivity contribution in [1.82, 2.24) is 10.6 Å². The van der Waals surface area contributed by atoms with Crippen LogP contribution in [-0.4, -0.2) is 29.8 Å². The van der Waals surface area contributed by atoms with E-state index in [1.807, 2.05) is 25.2 Å². The molecule has 2 N–H and O–H groups in total. The van der Waals surface area contributed by atoms with Gasteiger partial charge in [-0.15, -0.1) is 11.8 Å². The molecule has 1 aliphatic rings. The molecule has 0 bridgehead atoms. The van der Waals surface area contributed by atoms with Gasteiger partial charge in [-0.05, 0) is 45.9 Å². The fraction of sp³-hybridized carbons (Fsp3) is 0.588. The molecule has 1 saturated carbocycles. The van der Waals surface area contributed by atoms with Crippen LogP contribution < -0.4 is 10.6 Å². The number of hydrogen-bond acceptors (Lipinski definition) is 3. The van der Waals surface area contributed by atoms with Gasteiger partial charge in [-0.1, -0.05) is 31.0 Å². The normalized spacial score (nSPS) is 17.7. The van der Waals surface area contributed by atoms with Crippen LogP contribution in [0.3, 0.4) is 0 Å². The summed E-state index contributed by atoms with van der Waals surface area (Å²) in [5.74, 6) is 0.123. The van der Waals surface area contributed by atoms with Crippen molar-refractivity contribution in [2.45, 2.75) is 61.3 Å². The molecule has 0 heterocycles. The van der Waals surface area contributed by atoms with Gasteiger partial charge >= 0.3 is 0 Å². The number of thioether (sulfide) groups is 1. The topological polar surface area (TPSA) is 41.1 Å². The second kappa shape index (κ2) is 7.32. The number of rotatable bonds is 6. The number of likely N-dealkylation sites (N-methyl/N-ethyl adjacent to an activating group) is 1. The first kappa shape index (κ1) is 16.4. The maximum Gasteiger partial charge on any atom is 0.238 e. The fourth-order valence-corrected chi connectivity index (χ4v) is 4.24. The predicted octanol–water partition coefficient (Wildman–Crippen LogP) is 3.20. The summed E-state index contributed by atoms with van der Waals surface area (Å²) >= 11 is 1.74. The van der Waals surface area contributed by atoms with E-state index in [2.05, 4.69) is 36.6 Å². The number of hydrogen-bond donors (Lipinski definition) is 2. The summed E-state index contributed by atoms with van der Waals surface area (Å²) in [6.07, 6.45) is 4.71. The minimum absolute atomic E-state index is 0.123. The minimum atomic E-state index is -0.210. The van der Waals surface area contributed by atoms with Crippen molar-refractivity contribution < 1.29 is 4.79 Å². The highest BCUT2D eigenvalue weighted by molar-refractivity contribution is 8.00. The van der Waals surface area contributed by atoms with E-state index in [4.69, 9.17) is 0 Å². The molecule has 21 heavy (non-hydrogen) atoms. The zero-order chi connectivity index (χ0) is 15.3. The Labute approximate surface area is 132 Å². The smallest absolute Gasteiger partial charge is 0.238 e. The van der Waals surface area contributed by atoms with Crippen molar-refractivity contribution in [3.63, 3.8) is 0 Å². The van der Waals surface area contributed by atoms with Gasteiger partial charge in [0.05, 0.1) is 0 Å². The molecular formula is C17H26N2OS. The molecule has 0 aromatic heterocycles. The highest BCUT2D eigenvalue weighted by atomic mass is 32.2. The van der Waals surface area contributed by atoms with Crippen LogP contribution in [0.25, 0.3) is 0 Å². The van der Waals surface area contributed by atoms with Crippen molar-refractivity contribution in [3.05, 3.63) is 30.3 Å². The maximum atomic E-state index is 12.6. The Morgan fingerprint density at radius 1 is 1.24 bits per heavy atom. The molecule has 1 fully saturated rings. The third-order valence-corrected chi connectivity index (χ3v) is 5.34. The van der Waals surface area contributed by atoms with Crippen molar-refractivity contribution >= 4 is 17.7 Å². The molecule has 0 aliphatic heterocycles.